The van der Waals surface area contributed by atoms with E-state index < -0.39 is 5.69 Å². The van der Waals surface area contributed by atoms with Gasteiger partial charge in [0, 0.05) is 21.6 Å². The molecule has 6 nitrogen and oxygen atoms in total. The van der Waals surface area contributed by atoms with Crippen molar-refractivity contribution in [3.63, 3.8) is 0 Å². The lowest BCUT2D eigenvalue weighted by Crippen LogP contribution is -2.42. The van der Waals surface area contributed by atoms with Crippen molar-refractivity contribution in [2.75, 3.05) is 5.32 Å². The molecule has 0 aliphatic carbocycles. The third-order valence-electron chi connectivity index (χ3n) is 5.06. The Morgan fingerprint density at radius 1 is 1.06 bits per heavy atom. The number of benzene rings is 2. The highest BCUT2D eigenvalue weighted by Crippen LogP contribution is 2.20. The van der Waals surface area contributed by atoms with Crippen LogP contribution < -0.4 is 16.6 Å². The van der Waals surface area contributed by atoms with Gasteiger partial charge in [0.25, 0.3) is 5.56 Å². The van der Waals surface area contributed by atoms with Gasteiger partial charge in [0.15, 0.2) is 0 Å². The second kappa shape index (κ2) is 9.03. The Morgan fingerprint density at radius 3 is 2.61 bits per heavy atom. The Morgan fingerprint density at radius 2 is 1.87 bits per heavy atom. The number of hydrogen-bond donors (Lipinski definition) is 1. The molecule has 0 radical (unpaired) electrons. The highest BCUT2D eigenvalue weighted by molar-refractivity contribution is 9.10. The van der Waals surface area contributed by atoms with Crippen LogP contribution in [0.4, 0.5) is 5.69 Å². The Balaban J connectivity index is 1.69. The summed E-state index contributed by atoms with van der Waals surface area (Å²) in [5.74, 6) is -0.332. The maximum Gasteiger partial charge on any atom is 0.331 e. The second-order valence-electron chi connectivity index (χ2n) is 7.18. The summed E-state index contributed by atoms with van der Waals surface area (Å²) in [6, 6.07) is 16.4. The van der Waals surface area contributed by atoms with E-state index in [9.17, 15) is 14.4 Å². The lowest BCUT2D eigenvalue weighted by molar-refractivity contribution is -0.116. The number of nitrogens with zero attached hydrogens (tertiary/aromatic N) is 2. The number of halogens is 1. The van der Waals surface area contributed by atoms with Crippen molar-refractivity contribution < 1.29 is 4.79 Å². The van der Waals surface area contributed by atoms with E-state index in [-0.39, 0.29) is 24.6 Å². The van der Waals surface area contributed by atoms with E-state index in [1.165, 1.54) is 9.13 Å². The quantitative estimate of drug-likeness (QED) is 0.434. The zero-order valence-corrected chi connectivity index (χ0v) is 19.2. The third kappa shape index (κ3) is 4.55. The number of rotatable bonds is 6. The van der Waals surface area contributed by atoms with Gasteiger partial charge in [0.05, 0.1) is 10.9 Å². The summed E-state index contributed by atoms with van der Waals surface area (Å²) >= 11 is 4.99. The van der Waals surface area contributed by atoms with Crippen LogP contribution in [0.2, 0.25) is 0 Å². The molecule has 1 amide bonds. The SMILES string of the molecule is Cc1cc(Br)ccc1NC(=O)Cn1c(=O)n(CCc2cccs2)c(=O)c2ccccc21. The molecule has 0 fully saturated rings. The number of nitrogens with one attached hydrogen (secondary N) is 1. The summed E-state index contributed by atoms with van der Waals surface area (Å²) in [6.45, 7) is 1.97. The van der Waals surface area contributed by atoms with Gasteiger partial charge >= 0.3 is 5.69 Å². The summed E-state index contributed by atoms with van der Waals surface area (Å²) in [5.41, 5.74) is 1.21. The number of thiophene rings is 1. The van der Waals surface area contributed by atoms with Crippen molar-refractivity contribution in [2.24, 2.45) is 0 Å². The predicted molar refractivity (Wildman–Crippen MR) is 128 cm³/mol. The lowest BCUT2D eigenvalue weighted by atomic mass is 10.2. The molecular formula is C23H20BrN3O3S. The second-order valence-corrected chi connectivity index (χ2v) is 9.13. The van der Waals surface area contributed by atoms with Crippen LogP contribution in [-0.4, -0.2) is 15.0 Å². The Bertz CT molecular complexity index is 1370. The average Bonchev–Trinajstić information content (AvgIpc) is 3.27. The van der Waals surface area contributed by atoms with Crippen LogP contribution in [0.25, 0.3) is 10.9 Å². The van der Waals surface area contributed by atoms with Gasteiger partial charge in [-0.05, 0) is 60.7 Å². The molecule has 0 unspecified atom stereocenters. The summed E-state index contributed by atoms with van der Waals surface area (Å²) in [6.07, 6.45) is 0.579. The van der Waals surface area contributed by atoms with Crippen LogP contribution in [0, 0.1) is 6.92 Å². The first-order valence-electron chi connectivity index (χ1n) is 9.75. The summed E-state index contributed by atoms with van der Waals surface area (Å²) in [7, 11) is 0. The van der Waals surface area contributed by atoms with E-state index in [0.717, 1.165) is 14.9 Å². The van der Waals surface area contributed by atoms with Crippen molar-refractivity contribution in [1.82, 2.24) is 9.13 Å². The first kappa shape index (κ1) is 21.3. The van der Waals surface area contributed by atoms with Gasteiger partial charge in [-0.3, -0.25) is 18.7 Å². The molecule has 0 aliphatic heterocycles. The number of amides is 1. The standard InChI is InChI=1S/C23H20BrN3O3S/c1-15-13-16(24)8-9-19(15)25-21(28)14-27-20-7-3-2-6-18(20)22(29)26(23(27)30)11-10-17-5-4-12-31-17/h2-9,12-13H,10-11,14H2,1H3,(H,25,28). The molecule has 0 aliphatic rings. The van der Waals surface area contributed by atoms with Crippen LogP contribution in [0.1, 0.15) is 10.4 Å². The molecule has 0 atom stereocenters. The molecule has 2 heterocycles. The minimum absolute atomic E-state index is 0.186. The minimum atomic E-state index is -0.483. The van der Waals surface area contributed by atoms with Gasteiger partial charge in [-0.25, -0.2) is 4.79 Å². The van der Waals surface area contributed by atoms with E-state index >= 15 is 0 Å². The van der Waals surface area contributed by atoms with Crippen LogP contribution in [0.15, 0.2) is 74.0 Å². The van der Waals surface area contributed by atoms with E-state index in [2.05, 4.69) is 21.2 Å². The van der Waals surface area contributed by atoms with Crippen molar-refractivity contribution in [3.8, 4) is 0 Å². The number of fused-ring (bicyclic) bond motifs is 1. The largest absolute Gasteiger partial charge is 0.331 e. The summed E-state index contributed by atoms with van der Waals surface area (Å²) in [4.78, 5) is 40.0. The van der Waals surface area contributed by atoms with Crippen LogP contribution in [0.5, 0.6) is 0 Å². The topological polar surface area (TPSA) is 73.1 Å². The van der Waals surface area contributed by atoms with E-state index in [0.29, 0.717) is 23.0 Å². The number of carbonyl (C=O) groups is 1. The number of para-hydroxylation sites is 1. The number of carbonyl (C=O) groups excluding carboxylic acids is 1. The van der Waals surface area contributed by atoms with Crippen molar-refractivity contribution in [3.05, 3.63) is 95.7 Å². The van der Waals surface area contributed by atoms with E-state index in [1.54, 1.807) is 41.7 Å². The molecule has 8 heteroatoms. The number of aromatic nitrogens is 2. The molecule has 1 N–H and O–H groups in total. The first-order valence-corrected chi connectivity index (χ1v) is 11.4. The molecule has 2 aromatic heterocycles. The molecule has 158 valence electrons. The summed E-state index contributed by atoms with van der Waals surface area (Å²) in [5, 5.41) is 5.24. The van der Waals surface area contributed by atoms with Gasteiger partial charge in [-0.1, -0.05) is 34.1 Å². The highest BCUT2D eigenvalue weighted by atomic mass is 79.9. The fourth-order valence-electron chi connectivity index (χ4n) is 3.50. The normalized spacial score (nSPS) is 11.0. The van der Waals surface area contributed by atoms with Crippen LogP contribution in [0.3, 0.4) is 0 Å². The number of hydrogen-bond acceptors (Lipinski definition) is 4. The third-order valence-corrected chi connectivity index (χ3v) is 6.49. The van der Waals surface area contributed by atoms with Gasteiger partial charge < -0.3 is 5.32 Å². The van der Waals surface area contributed by atoms with Crippen molar-refractivity contribution in [1.29, 1.82) is 0 Å². The molecule has 0 spiro atoms. The molecule has 4 aromatic rings. The zero-order valence-electron chi connectivity index (χ0n) is 16.8. The fourth-order valence-corrected chi connectivity index (χ4v) is 4.67. The molecule has 0 saturated heterocycles. The van der Waals surface area contributed by atoms with Gasteiger partial charge in [-0.2, -0.15) is 0 Å². The first-order chi connectivity index (χ1) is 14.9. The molecule has 0 saturated carbocycles. The molecule has 2 aromatic carbocycles. The Labute approximate surface area is 190 Å². The van der Waals surface area contributed by atoms with Gasteiger partial charge in [-0.15, -0.1) is 11.3 Å². The molecular weight excluding hydrogens is 478 g/mol. The van der Waals surface area contributed by atoms with E-state index in [4.69, 9.17) is 0 Å². The smallest absolute Gasteiger partial charge is 0.324 e. The Hall–Kier alpha value is -2.97. The Kier molecular flexibility index (Phi) is 6.20. The maximum absolute atomic E-state index is 13.2. The number of aryl methyl sites for hydroxylation is 2. The van der Waals surface area contributed by atoms with Crippen LogP contribution >= 0.6 is 27.3 Å². The molecule has 0 bridgehead atoms. The highest BCUT2D eigenvalue weighted by Gasteiger charge is 2.16. The fraction of sp³-hybridized carbons (Fsp3) is 0.174. The van der Waals surface area contributed by atoms with Crippen LogP contribution in [-0.2, 0) is 24.3 Å². The summed E-state index contributed by atoms with van der Waals surface area (Å²) < 4.78 is 3.51. The van der Waals surface area contributed by atoms with Gasteiger partial charge in [0.2, 0.25) is 5.91 Å². The maximum atomic E-state index is 13.2. The van der Waals surface area contributed by atoms with Gasteiger partial charge in [0.1, 0.15) is 6.54 Å². The minimum Gasteiger partial charge on any atom is -0.324 e. The predicted octanol–water partition coefficient (Wildman–Crippen LogP) is 4.18. The molecule has 31 heavy (non-hydrogen) atoms. The van der Waals surface area contributed by atoms with Crippen molar-refractivity contribution in [2.45, 2.75) is 26.4 Å². The zero-order chi connectivity index (χ0) is 22.0. The van der Waals surface area contributed by atoms with Crippen molar-refractivity contribution >= 4 is 49.8 Å². The lowest BCUT2D eigenvalue weighted by Gasteiger charge is -2.14. The molecule has 4 rings (SSSR count). The monoisotopic (exact) mass is 497 g/mol. The number of anilines is 1. The average molecular weight is 498 g/mol. The van der Waals surface area contributed by atoms with E-state index in [1.807, 2.05) is 36.6 Å².